The van der Waals surface area contributed by atoms with E-state index >= 15 is 0 Å². The van der Waals surface area contributed by atoms with Crippen LogP contribution in [0.2, 0.25) is 0 Å². The lowest BCUT2D eigenvalue weighted by Crippen LogP contribution is -2.51. The topological polar surface area (TPSA) is 67.9 Å². The van der Waals surface area contributed by atoms with Gasteiger partial charge >= 0.3 is 0 Å². The Morgan fingerprint density at radius 1 is 0.889 bits per heavy atom. The van der Waals surface area contributed by atoms with Gasteiger partial charge in [-0.25, -0.2) is 0 Å². The van der Waals surface area contributed by atoms with Gasteiger partial charge in [0.15, 0.2) is 6.61 Å². The van der Waals surface area contributed by atoms with Gasteiger partial charge in [0, 0.05) is 19.5 Å². The SMILES string of the molecule is CCCNC(=O)[C@@H](Cc1ccccc1)N(Cc1cccc(OC)c1)C(=O)COc1ccc(C)c(C)c1. The number of ether oxygens (including phenoxy) is 2. The molecule has 0 saturated carbocycles. The normalized spacial score (nSPS) is 11.4. The predicted molar refractivity (Wildman–Crippen MR) is 142 cm³/mol. The molecule has 3 aromatic rings. The number of amides is 2. The standard InChI is InChI=1S/C30H36N2O4/c1-5-16-31-30(34)28(19-24-10-7-6-8-11-24)32(20-25-12-9-13-26(18-25)35-4)29(33)21-36-27-15-14-22(2)23(3)17-27/h6-15,17-18,28H,5,16,19-21H2,1-4H3,(H,31,34)/t28-/m1/s1. The molecule has 0 fully saturated rings. The summed E-state index contributed by atoms with van der Waals surface area (Å²) in [6.07, 6.45) is 1.21. The van der Waals surface area contributed by atoms with Crippen LogP contribution in [0.25, 0.3) is 0 Å². The van der Waals surface area contributed by atoms with Crippen molar-refractivity contribution in [2.75, 3.05) is 20.3 Å². The third-order valence-corrected chi connectivity index (χ3v) is 6.15. The number of nitrogens with one attached hydrogen (secondary N) is 1. The lowest BCUT2D eigenvalue weighted by molar-refractivity contribution is -0.142. The second-order valence-electron chi connectivity index (χ2n) is 8.90. The summed E-state index contributed by atoms with van der Waals surface area (Å²) in [5, 5.41) is 2.99. The first-order chi connectivity index (χ1) is 17.4. The Kier molecular flexibility index (Phi) is 9.92. The molecule has 0 unspecified atom stereocenters. The largest absolute Gasteiger partial charge is 0.497 e. The average molecular weight is 489 g/mol. The molecular weight excluding hydrogens is 452 g/mol. The van der Waals surface area contributed by atoms with Gasteiger partial charge in [-0.05, 0) is 66.8 Å². The Hall–Kier alpha value is -3.80. The molecule has 0 aromatic heterocycles. The van der Waals surface area contributed by atoms with Gasteiger partial charge < -0.3 is 19.7 Å². The van der Waals surface area contributed by atoms with Crippen LogP contribution in [0.5, 0.6) is 11.5 Å². The third-order valence-electron chi connectivity index (χ3n) is 6.15. The van der Waals surface area contributed by atoms with Gasteiger partial charge in [0.1, 0.15) is 17.5 Å². The number of benzene rings is 3. The molecular formula is C30H36N2O4. The van der Waals surface area contributed by atoms with Crippen molar-refractivity contribution >= 4 is 11.8 Å². The van der Waals surface area contributed by atoms with Crippen molar-refractivity contribution in [3.05, 3.63) is 95.1 Å². The number of nitrogens with zero attached hydrogens (tertiary/aromatic N) is 1. The van der Waals surface area contributed by atoms with Crippen LogP contribution in [0.3, 0.4) is 0 Å². The van der Waals surface area contributed by atoms with Gasteiger partial charge in [0.05, 0.1) is 7.11 Å². The molecule has 0 saturated heterocycles. The van der Waals surface area contributed by atoms with Crippen molar-refractivity contribution in [2.24, 2.45) is 0 Å². The van der Waals surface area contributed by atoms with E-state index < -0.39 is 6.04 Å². The molecule has 0 aliphatic carbocycles. The summed E-state index contributed by atoms with van der Waals surface area (Å²) < 4.78 is 11.3. The maximum absolute atomic E-state index is 13.6. The molecule has 0 aliphatic heterocycles. The molecule has 1 N–H and O–H groups in total. The second kappa shape index (κ2) is 13.3. The number of carbonyl (C=O) groups excluding carboxylic acids is 2. The Balaban J connectivity index is 1.90. The van der Waals surface area contributed by atoms with Crippen LogP contribution in [0.4, 0.5) is 0 Å². The Morgan fingerprint density at radius 2 is 1.64 bits per heavy atom. The highest BCUT2D eigenvalue weighted by atomic mass is 16.5. The zero-order valence-corrected chi connectivity index (χ0v) is 21.6. The number of aryl methyl sites for hydroxylation is 2. The highest BCUT2D eigenvalue weighted by molar-refractivity contribution is 5.88. The van der Waals surface area contributed by atoms with Crippen LogP contribution in [-0.2, 0) is 22.6 Å². The van der Waals surface area contributed by atoms with E-state index in [0.717, 1.165) is 28.7 Å². The fourth-order valence-corrected chi connectivity index (χ4v) is 3.92. The van der Waals surface area contributed by atoms with Crippen molar-refractivity contribution in [2.45, 2.75) is 46.2 Å². The van der Waals surface area contributed by atoms with E-state index in [1.54, 1.807) is 12.0 Å². The van der Waals surface area contributed by atoms with Crippen LogP contribution >= 0.6 is 0 Å². The molecule has 0 radical (unpaired) electrons. The Bertz CT molecular complexity index is 1150. The minimum absolute atomic E-state index is 0.168. The summed E-state index contributed by atoms with van der Waals surface area (Å²) in [5.41, 5.74) is 4.10. The second-order valence-corrected chi connectivity index (χ2v) is 8.90. The molecule has 6 nitrogen and oxygen atoms in total. The fourth-order valence-electron chi connectivity index (χ4n) is 3.92. The third kappa shape index (κ3) is 7.60. The number of hydrogen-bond donors (Lipinski definition) is 1. The molecule has 0 spiro atoms. The summed E-state index contributed by atoms with van der Waals surface area (Å²) in [6.45, 7) is 6.67. The summed E-state index contributed by atoms with van der Waals surface area (Å²) in [4.78, 5) is 28.6. The van der Waals surface area contributed by atoms with Crippen molar-refractivity contribution in [1.29, 1.82) is 0 Å². The van der Waals surface area contributed by atoms with Gasteiger partial charge in [-0.3, -0.25) is 9.59 Å². The van der Waals surface area contributed by atoms with Gasteiger partial charge in [-0.15, -0.1) is 0 Å². The maximum atomic E-state index is 13.6. The van der Waals surface area contributed by atoms with Crippen molar-refractivity contribution in [3.63, 3.8) is 0 Å². The zero-order valence-electron chi connectivity index (χ0n) is 21.6. The summed E-state index contributed by atoms with van der Waals surface area (Å²) in [5.74, 6) is 0.885. The Morgan fingerprint density at radius 3 is 2.33 bits per heavy atom. The highest BCUT2D eigenvalue weighted by Gasteiger charge is 2.30. The molecule has 6 heteroatoms. The summed E-state index contributed by atoms with van der Waals surface area (Å²) in [6, 6.07) is 22.4. The minimum Gasteiger partial charge on any atom is -0.497 e. The van der Waals surface area contributed by atoms with Crippen LogP contribution in [0.15, 0.2) is 72.8 Å². The quantitative estimate of drug-likeness (QED) is 0.396. The molecule has 1 atom stereocenters. The number of methoxy groups -OCH3 is 1. The van der Waals surface area contributed by atoms with Crippen LogP contribution in [0, 0.1) is 13.8 Å². The average Bonchev–Trinajstić information content (AvgIpc) is 2.90. The molecule has 36 heavy (non-hydrogen) atoms. The van der Waals surface area contributed by atoms with E-state index in [-0.39, 0.29) is 25.0 Å². The first-order valence-electron chi connectivity index (χ1n) is 12.3. The monoisotopic (exact) mass is 488 g/mol. The van der Waals surface area contributed by atoms with Crippen molar-refractivity contribution in [3.8, 4) is 11.5 Å². The fraction of sp³-hybridized carbons (Fsp3) is 0.333. The van der Waals surface area contributed by atoms with Gasteiger partial charge in [0.2, 0.25) is 5.91 Å². The first-order valence-corrected chi connectivity index (χ1v) is 12.3. The smallest absolute Gasteiger partial charge is 0.261 e. The van der Waals surface area contributed by atoms with E-state index in [2.05, 4.69) is 5.32 Å². The van der Waals surface area contributed by atoms with Crippen LogP contribution in [-0.4, -0.2) is 43.0 Å². The number of rotatable bonds is 12. The molecule has 3 aromatic carbocycles. The molecule has 0 aliphatic rings. The van der Waals surface area contributed by atoms with E-state index in [9.17, 15) is 9.59 Å². The van der Waals surface area contributed by atoms with Crippen LogP contribution < -0.4 is 14.8 Å². The first kappa shape index (κ1) is 26.8. The van der Waals surface area contributed by atoms with E-state index in [4.69, 9.17) is 9.47 Å². The van der Waals surface area contributed by atoms with Gasteiger partial charge in [0.25, 0.3) is 5.91 Å². The van der Waals surface area contributed by atoms with E-state index in [1.807, 2.05) is 93.6 Å². The number of carbonyl (C=O) groups is 2. The Labute approximate surface area is 214 Å². The molecule has 0 bridgehead atoms. The van der Waals surface area contributed by atoms with E-state index in [1.165, 1.54) is 0 Å². The van der Waals surface area contributed by atoms with Crippen LogP contribution in [0.1, 0.15) is 35.6 Å². The predicted octanol–water partition coefficient (Wildman–Crippen LogP) is 4.86. The lowest BCUT2D eigenvalue weighted by atomic mass is 10.0. The minimum atomic E-state index is -0.694. The summed E-state index contributed by atoms with van der Waals surface area (Å²) >= 11 is 0. The molecule has 0 heterocycles. The van der Waals surface area contributed by atoms with Crippen molar-refractivity contribution < 1.29 is 19.1 Å². The van der Waals surface area contributed by atoms with Crippen molar-refractivity contribution in [1.82, 2.24) is 10.2 Å². The number of hydrogen-bond acceptors (Lipinski definition) is 4. The summed E-state index contributed by atoms with van der Waals surface area (Å²) in [7, 11) is 1.61. The molecule has 3 rings (SSSR count). The highest BCUT2D eigenvalue weighted by Crippen LogP contribution is 2.20. The zero-order chi connectivity index (χ0) is 25.9. The molecule has 190 valence electrons. The van der Waals surface area contributed by atoms with Gasteiger partial charge in [-0.2, -0.15) is 0 Å². The van der Waals surface area contributed by atoms with E-state index in [0.29, 0.717) is 24.5 Å². The maximum Gasteiger partial charge on any atom is 0.261 e. The van der Waals surface area contributed by atoms with Gasteiger partial charge in [-0.1, -0.05) is 55.5 Å². The lowest BCUT2D eigenvalue weighted by Gasteiger charge is -2.31. The molecule has 2 amide bonds.